The van der Waals surface area contributed by atoms with Crippen LogP contribution in [0.4, 0.5) is 5.69 Å². The van der Waals surface area contributed by atoms with E-state index in [1.165, 1.54) is 0 Å². The van der Waals surface area contributed by atoms with Crippen molar-refractivity contribution in [3.05, 3.63) is 40.3 Å². The third-order valence-electron chi connectivity index (χ3n) is 3.85. The molecule has 1 fully saturated rings. The van der Waals surface area contributed by atoms with Crippen LogP contribution in [-0.4, -0.2) is 67.4 Å². The highest BCUT2D eigenvalue weighted by atomic mass is 79.9. The maximum Gasteiger partial charge on any atom is 0.238 e. The largest absolute Gasteiger partial charge is 0.352 e. The molecule has 2 rings (SSSR count). The molecule has 25 heavy (non-hydrogen) atoms. The summed E-state index contributed by atoms with van der Waals surface area (Å²) in [5.41, 5.74) is 0.604. The minimum Gasteiger partial charge on any atom is -0.352 e. The van der Waals surface area contributed by atoms with Gasteiger partial charge in [-0.1, -0.05) is 33.6 Å². The monoisotopic (exact) mass is 428 g/mol. The Kier molecular flexibility index (Phi) is 7.90. The molecule has 136 valence electrons. The van der Waals surface area contributed by atoms with E-state index in [1.807, 2.05) is 6.07 Å². The van der Waals surface area contributed by atoms with Crippen molar-refractivity contribution in [1.29, 1.82) is 0 Å². The zero-order chi connectivity index (χ0) is 18.2. The molecule has 0 atom stereocenters. The third kappa shape index (κ3) is 6.78. The first-order valence-corrected chi connectivity index (χ1v) is 9.22. The van der Waals surface area contributed by atoms with Gasteiger partial charge < -0.3 is 10.6 Å². The van der Waals surface area contributed by atoms with E-state index in [2.05, 4.69) is 42.9 Å². The molecule has 2 amide bonds. The number of hydrogen-bond donors (Lipinski definition) is 2. The molecule has 0 aliphatic carbocycles. The summed E-state index contributed by atoms with van der Waals surface area (Å²) in [7, 11) is 0. The van der Waals surface area contributed by atoms with Crippen molar-refractivity contribution in [3.8, 4) is 0 Å². The maximum absolute atomic E-state index is 12.2. The number of carbonyl (C=O) groups is 2. The molecule has 1 aromatic rings. The third-order valence-corrected chi connectivity index (χ3v) is 4.65. The van der Waals surface area contributed by atoms with Crippen molar-refractivity contribution in [2.45, 2.75) is 0 Å². The first kappa shape index (κ1) is 19.9. The summed E-state index contributed by atoms with van der Waals surface area (Å²) < 4.78 is 0.865. The van der Waals surface area contributed by atoms with Crippen LogP contribution in [0.2, 0.25) is 5.02 Å². The van der Waals surface area contributed by atoms with Crippen LogP contribution < -0.4 is 10.6 Å². The lowest BCUT2D eigenvalue weighted by Crippen LogP contribution is -2.51. The van der Waals surface area contributed by atoms with Gasteiger partial charge in [-0.2, -0.15) is 0 Å². The number of nitrogens with one attached hydrogen (secondary N) is 2. The molecular formula is C17H22BrClN4O2. The van der Waals surface area contributed by atoms with Crippen LogP contribution in [0.1, 0.15) is 0 Å². The van der Waals surface area contributed by atoms with Crippen molar-refractivity contribution in [2.24, 2.45) is 0 Å². The Labute approximate surface area is 161 Å². The normalized spacial score (nSPS) is 15.6. The van der Waals surface area contributed by atoms with E-state index < -0.39 is 0 Å². The lowest BCUT2D eigenvalue weighted by atomic mass is 10.3. The van der Waals surface area contributed by atoms with Gasteiger partial charge in [0, 0.05) is 37.2 Å². The van der Waals surface area contributed by atoms with E-state index in [1.54, 1.807) is 18.2 Å². The van der Waals surface area contributed by atoms with Gasteiger partial charge in [-0.15, -0.1) is 6.58 Å². The fraction of sp³-hybridized carbons (Fsp3) is 0.412. The number of halogens is 2. The molecule has 1 heterocycles. The zero-order valence-electron chi connectivity index (χ0n) is 13.9. The average molecular weight is 430 g/mol. The van der Waals surface area contributed by atoms with Crippen LogP contribution in [0, 0.1) is 0 Å². The lowest BCUT2D eigenvalue weighted by molar-refractivity contribution is -0.123. The molecule has 0 unspecified atom stereocenters. The Morgan fingerprint density at radius 1 is 1.16 bits per heavy atom. The second kappa shape index (κ2) is 9.91. The van der Waals surface area contributed by atoms with Crippen LogP contribution in [0.25, 0.3) is 0 Å². The van der Waals surface area contributed by atoms with Crippen LogP contribution in [0.3, 0.4) is 0 Å². The summed E-state index contributed by atoms with van der Waals surface area (Å²) in [5.74, 6) is -0.0997. The van der Waals surface area contributed by atoms with Gasteiger partial charge in [0.2, 0.25) is 11.8 Å². The first-order valence-electron chi connectivity index (χ1n) is 8.05. The molecule has 1 aliphatic heterocycles. The molecule has 0 saturated carbocycles. The van der Waals surface area contributed by atoms with Gasteiger partial charge in [0.15, 0.2) is 0 Å². The van der Waals surface area contributed by atoms with Crippen LogP contribution >= 0.6 is 27.5 Å². The molecule has 0 bridgehead atoms. The van der Waals surface area contributed by atoms with Gasteiger partial charge in [0.05, 0.1) is 23.8 Å². The smallest absolute Gasteiger partial charge is 0.238 e. The summed E-state index contributed by atoms with van der Waals surface area (Å²) >= 11 is 9.45. The number of piperazine rings is 1. The van der Waals surface area contributed by atoms with E-state index >= 15 is 0 Å². The minimum atomic E-state index is -0.0959. The standard InChI is InChI=1S/C17H22BrClN4O2/c1-2-5-20-16(24)11-22-6-8-23(9-7-22)12-17(25)21-15-4-3-13(18)10-14(15)19/h2-4,10H,1,5-9,11-12H2,(H,20,24)(H,21,25). The van der Waals surface area contributed by atoms with Crippen molar-refractivity contribution < 1.29 is 9.59 Å². The first-order chi connectivity index (χ1) is 12.0. The van der Waals surface area contributed by atoms with E-state index in [0.717, 1.165) is 30.7 Å². The molecule has 1 aromatic carbocycles. The quantitative estimate of drug-likeness (QED) is 0.651. The Hall–Kier alpha value is -1.41. The summed E-state index contributed by atoms with van der Waals surface area (Å²) in [6.45, 7) is 7.75. The fourth-order valence-electron chi connectivity index (χ4n) is 2.53. The van der Waals surface area contributed by atoms with Crippen molar-refractivity contribution >= 4 is 45.0 Å². The molecule has 1 saturated heterocycles. The molecule has 1 aliphatic rings. The molecule has 8 heteroatoms. The van der Waals surface area contributed by atoms with E-state index in [4.69, 9.17) is 11.6 Å². The van der Waals surface area contributed by atoms with Crippen molar-refractivity contribution in [3.63, 3.8) is 0 Å². The van der Waals surface area contributed by atoms with Crippen LogP contribution in [0.5, 0.6) is 0 Å². The zero-order valence-corrected chi connectivity index (χ0v) is 16.3. The Morgan fingerprint density at radius 3 is 2.32 bits per heavy atom. The van der Waals surface area contributed by atoms with E-state index in [9.17, 15) is 9.59 Å². The summed E-state index contributed by atoms with van der Waals surface area (Å²) in [6.07, 6.45) is 1.66. The molecule has 2 N–H and O–H groups in total. The summed E-state index contributed by atoms with van der Waals surface area (Å²) in [6, 6.07) is 5.34. The van der Waals surface area contributed by atoms with Gasteiger partial charge in [0.25, 0.3) is 0 Å². The molecular weight excluding hydrogens is 408 g/mol. The predicted octanol–water partition coefficient (Wildman–Crippen LogP) is 1.96. The second-order valence-corrected chi connectivity index (χ2v) is 7.14. The maximum atomic E-state index is 12.2. The number of amides is 2. The predicted molar refractivity (Wildman–Crippen MR) is 104 cm³/mol. The van der Waals surface area contributed by atoms with Gasteiger partial charge in [0.1, 0.15) is 0 Å². The Bertz CT molecular complexity index is 633. The molecule has 0 radical (unpaired) electrons. The number of benzene rings is 1. The average Bonchev–Trinajstić information content (AvgIpc) is 2.57. The van der Waals surface area contributed by atoms with Gasteiger partial charge in [-0.05, 0) is 18.2 Å². The van der Waals surface area contributed by atoms with E-state index in [0.29, 0.717) is 30.3 Å². The highest BCUT2D eigenvalue weighted by Crippen LogP contribution is 2.25. The lowest BCUT2D eigenvalue weighted by Gasteiger charge is -2.33. The van der Waals surface area contributed by atoms with Gasteiger partial charge in [-0.3, -0.25) is 19.4 Å². The highest BCUT2D eigenvalue weighted by Gasteiger charge is 2.20. The summed E-state index contributed by atoms with van der Waals surface area (Å²) in [5, 5.41) is 6.10. The number of hydrogen-bond acceptors (Lipinski definition) is 4. The van der Waals surface area contributed by atoms with Gasteiger partial charge >= 0.3 is 0 Å². The van der Waals surface area contributed by atoms with Crippen LogP contribution in [0.15, 0.2) is 35.3 Å². The molecule has 0 aromatic heterocycles. The summed E-state index contributed by atoms with van der Waals surface area (Å²) in [4.78, 5) is 28.0. The Morgan fingerprint density at radius 2 is 1.76 bits per heavy atom. The topological polar surface area (TPSA) is 64.7 Å². The second-order valence-electron chi connectivity index (χ2n) is 5.82. The molecule has 0 spiro atoms. The van der Waals surface area contributed by atoms with Gasteiger partial charge in [-0.25, -0.2) is 0 Å². The van der Waals surface area contributed by atoms with E-state index in [-0.39, 0.29) is 11.8 Å². The SMILES string of the molecule is C=CCNC(=O)CN1CCN(CC(=O)Nc2ccc(Br)cc2Cl)CC1. The number of carbonyl (C=O) groups excluding carboxylic acids is 2. The number of anilines is 1. The van der Waals surface area contributed by atoms with Crippen molar-refractivity contribution in [2.75, 3.05) is 51.1 Å². The Balaban J connectivity index is 1.73. The molecule has 6 nitrogen and oxygen atoms in total. The number of rotatable bonds is 7. The van der Waals surface area contributed by atoms with Crippen LogP contribution in [-0.2, 0) is 9.59 Å². The minimum absolute atomic E-state index is 0.00373. The number of nitrogens with zero attached hydrogens (tertiary/aromatic N) is 2. The highest BCUT2D eigenvalue weighted by molar-refractivity contribution is 9.10. The fourth-order valence-corrected chi connectivity index (χ4v) is 3.25. The van der Waals surface area contributed by atoms with Crippen molar-refractivity contribution in [1.82, 2.24) is 15.1 Å².